The van der Waals surface area contributed by atoms with E-state index in [4.69, 9.17) is 5.73 Å². The number of thiazole rings is 1. The molecule has 0 aromatic carbocycles. The second kappa shape index (κ2) is 8.33. The van der Waals surface area contributed by atoms with Gasteiger partial charge >= 0.3 is 0 Å². The van der Waals surface area contributed by atoms with Crippen molar-refractivity contribution in [1.82, 2.24) is 9.88 Å². The normalized spacial score (nSPS) is 19.7. The Labute approximate surface area is 126 Å². The summed E-state index contributed by atoms with van der Waals surface area (Å²) in [5.74, 6) is 0.544. The number of nitrogens with two attached hydrogens (primary N) is 1. The zero-order valence-corrected chi connectivity index (χ0v) is 13.4. The van der Waals surface area contributed by atoms with Crippen LogP contribution < -0.4 is 5.73 Å². The molecule has 2 N–H and O–H groups in total. The monoisotopic (exact) mass is 311 g/mol. The minimum Gasteiger partial charge on any atom is -0.329 e. The summed E-state index contributed by atoms with van der Waals surface area (Å²) in [5.41, 5.74) is 6.99. The Hall–Kier alpha value is 0.130. The number of aromatic nitrogens is 1. The van der Waals surface area contributed by atoms with Gasteiger partial charge in [0.25, 0.3) is 0 Å². The van der Waals surface area contributed by atoms with Gasteiger partial charge in [-0.3, -0.25) is 4.90 Å². The van der Waals surface area contributed by atoms with Crippen molar-refractivity contribution in [3.05, 3.63) is 16.1 Å². The maximum atomic E-state index is 5.77. The highest BCUT2D eigenvalue weighted by Gasteiger charge is 2.23. The van der Waals surface area contributed by atoms with Crippen molar-refractivity contribution in [2.24, 2.45) is 5.73 Å². The second-order valence-electron chi connectivity index (χ2n) is 4.83. The molecule has 1 atom stereocenters. The van der Waals surface area contributed by atoms with Gasteiger partial charge in [-0.25, -0.2) is 4.98 Å². The first-order valence-electron chi connectivity index (χ1n) is 6.09. The quantitative estimate of drug-likeness (QED) is 0.929. The van der Waals surface area contributed by atoms with E-state index in [1.54, 1.807) is 11.3 Å². The molecule has 2 rings (SSSR count). The van der Waals surface area contributed by atoms with Crippen LogP contribution in [0.4, 0.5) is 0 Å². The van der Waals surface area contributed by atoms with Crippen LogP contribution >= 0.6 is 36.2 Å². The maximum Gasteiger partial charge on any atom is 0.0954 e. The van der Waals surface area contributed by atoms with Gasteiger partial charge in [0.2, 0.25) is 0 Å². The van der Waals surface area contributed by atoms with E-state index in [-0.39, 0.29) is 24.8 Å². The molecule has 0 bridgehead atoms. The Morgan fingerprint density at radius 3 is 2.78 bits per heavy atom. The lowest BCUT2D eigenvalue weighted by molar-refractivity contribution is 0.247. The summed E-state index contributed by atoms with van der Waals surface area (Å²) in [6, 6.07) is 0.573. The Morgan fingerprint density at radius 2 is 2.22 bits per heavy atom. The van der Waals surface area contributed by atoms with Gasteiger partial charge in [-0.15, -0.1) is 36.2 Å². The molecule has 1 aromatic heterocycles. The van der Waals surface area contributed by atoms with Gasteiger partial charge in [-0.2, -0.15) is 0 Å². The molecule has 3 nitrogen and oxygen atoms in total. The first-order chi connectivity index (χ1) is 7.70. The average molecular weight is 312 g/mol. The van der Waals surface area contributed by atoms with Gasteiger partial charge < -0.3 is 5.73 Å². The molecule has 106 valence electrons. The summed E-state index contributed by atoms with van der Waals surface area (Å²) < 4.78 is 0. The van der Waals surface area contributed by atoms with Crippen LogP contribution in [0.2, 0.25) is 0 Å². The molecule has 0 spiro atoms. The van der Waals surface area contributed by atoms with Crippen molar-refractivity contribution >= 4 is 36.2 Å². The molecule has 6 heteroatoms. The molecule has 2 heterocycles. The van der Waals surface area contributed by atoms with Crippen LogP contribution in [0.25, 0.3) is 0 Å². The third kappa shape index (κ3) is 4.35. The van der Waals surface area contributed by atoms with Gasteiger partial charge in [0.1, 0.15) is 0 Å². The number of likely N-dealkylation sites (tertiary alicyclic amines) is 1. The van der Waals surface area contributed by atoms with Crippen molar-refractivity contribution in [3.63, 3.8) is 0 Å². The van der Waals surface area contributed by atoms with Crippen molar-refractivity contribution in [1.29, 1.82) is 0 Å². The first kappa shape index (κ1) is 18.1. The fraction of sp³-hybridized carbons (Fsp3) is 0.750. The van der Waals surface area contributed by atoms with Crippen molar-refractivity contribution in [2.75, 3.05) is 13.1 Å². The molecule has 1 fully saturated rings. The molecule has 1 saturated heterocycles. The highest BCUT2D eigenvalue weighted by molar-refractivity contribution is 7.09. The predicted molar refractivity (Wildman–Crippen MR) is 83.2 cm³/mol. The minimum atomic E-state index is 0. The topological polar surface area (TPSA) is 42.2 Å². The van der Waals surface area contributed by atoms with Gasteiger partial charge in [0, 0.05) is 30.4 Å². The molecule has 0 amide bonds. The molecule has 1 aliphatic heterocycles. The van der Waals surface area contributed by atoms with Crippen LogP contribution in [0.3, 0.4) is 0 Å². The largest absolute Gasteiger partial charge is 0.329 e. The Balaban J connectivity index is 0.00000144. The Morgan fingerprint density at radius 1 is 1.50 bits per heavy atom. The van der Waals surface area contributed by atoms with E-state index in [0.717, 1.165) is 13.1 Å². The van der Waals surface area contributed by atoms with E-state index in [1.165, 1.54) is 30.1 Å². The third-order valence-corrected chi connectivity index (χ3v) is 4.39. The van der Waals surface area contributed by atoms with Gasteiger partial charge in [0.05, 0.1) is 10.7 Å². The lowest BCUT2D eigenvalue weighted by Gasteiger charge is -2.21. The summed E-state index contributed by atoms with van der Waals surface area (Å²) in [4.78, 5) is 7.15. The molecular weight excluding hydrogens is 289 g/mol. The number of hydrogen-bond acceptors (Lipinski definition) is 4. The fourth-order valence-corrected chi connectivity index (χ4v) is 3.06. The van der Waals surface area contributed by atoms with Crippen LogP contribution in [0.5, 0.6) is 0 Å². The zero-order chi connectivity index (χ0) is 11.5. The second-order valence-corrected chi connectivity index (χ2v) is 5.72. The fourth-order valence-electron chi connectivity index (χ4n) is 2.24. The van der Waals surface area contributed by atoms with Crippen molar-refractivity contribution in [2.45, 2.75) is 45.2 Å². The van der Waals surface area contributed by atoms with E-state index in [2.05, 4.69) is 29.1 Å². The molecule has 0 radical (unpaired) electrons. The van der Waals surface area contributed by atoms with Gasteiger partial charge in [0.15, 0.2) is 0 Å². The lowest BCUT2D eigenvalue weighted by atomic mass is 10.2. The SMILES string of the molecule is CC(C)c1nc(CN2CCCC2CN)cs1.Cl.Cl. The van der Waals surface area contributed by atoms with Crippen LogP contribution in [0, 0.1) is 0 Å². The highest BCUT2D eigenvalue weighted by atomic mass is 35.5. The summed E-state index contributed by atoms with van der Waals surface area (Å²) >= 11 is 1.78. The smallest absolute Gasteiger partial charge is 0.0954 e. The Bertz CT molecular complexity index is 344. The van der Waals surface area contributed by atoms with E-state index in [9.17, 15) is 0 Å². The van der Waals surface area contributed by atoms with Crippen LogP contribution in [0.1, 0.15) is 43.3 Å². The summed E-state index contributed by atoms with van der Waals surface area (Å²) in [6.07, 6.45) is 2.53. The first-order valence-corrected chi connectivity index (χ1v) is 6.97. The van der Waals surface area contributed by atoms with Crippen molar-refractivity contribution < 1.29 is 0 Å². The van der Waals surface area contributed by atoms with Crippen LogP contribution in [-0.2, 0) is 6.54 Å². The van der Waals surface area contributed by atoms with E-state index in [1.807, 2.05) is 0 Å². The number of rotatable bonds is 4. The molecule has 1 aliphatic rings. The highest BCUT2D eigenvalue weighted by Crippen LogP contribution is 2.23. The molecular formula is C12H23Cl2N3S. The maximum absolute atomic E-state index is 5.77. The number of hydrogen-bond donors (Lipinski definition) is 1. The summed E-state index contributed by atoms with van der Waals surface area (Å²) in [5, 5.41) is 3.44. The predicted octanol–water partition coefficient (Wildman–Crippen LogP) is 3.03. The molecule has 0 aliphatic carbocycles. The van der Waals surface area contributed by atoms with Crippen LogP contribution in [0.15, 0.2) is 5.38 Å². The third-order valence-electron chi connectivity index (χ3n) is 3.20. The molecule has 1 aromatic rings. The standard InChI is InChI=1S/C12H21N3S.2ClH/c1-9(2)12-14-10(8-16-12)7-15-5-3-4-11(15)6-13;;/h8-9,11H,3-7,13H2,1-2H3;2*1H. The van der Waals surface area contributed by atoms with E-state index in [0.29, 0.717) is 12.0 Å². The van der Waals surface area contributed by atoms with E-state index < -0.39 is 0 Å². The molecule has 1 unspecified atom stereocenters. The lowest BCUT2D eigenvalue weighted by Crippen LogP contribution is -2.34. The van der Waals surface area contributed by atoms with Crippen LogP contribution in [-0.4, -0.2) is 29.0 Å². The number of nitrogens with zero attached hydrogens (tertiary/aromatic N) is 2. The summed E-state index contributed by atoms with van der Waals surface area (Å²) in [7, 11) is 0. The zero-order valence-electron chi connectivity index (χ0n) is 11.0. The minimum absolute atomic E-state index is 0. The molecule has 18 heavy (non-hydrogen) atoms. The average Bonchev–Trinajstić information content (AvgIpc) is 2.87. The summed E-state index contributed by atoms with van der Waals surface area (Å²) in [6.45, 7) is 7.32. The Kier molecular flexibility index (Phi) is 8.39. The molecule has 0 saturated carbocycles. The number of halogens is 2. The van der Waals surface area contributed by atoms with Crippen molar-refractivity contribution in [3.8, 4) is 0 Å². The van der Waals surface area contributed by atoms with Gasteiger partial charge in [-0.05, 0) is 19.4 Å². The van der Waals surface area contributed by atoms with E-state index >= 15 is 0 Å². The van der Waals surface area contributed by atoms with Gasteiger partial charge in [-0.1, -0.05) is 13.8 Å².